The second kappa shape index (κ2) is 5.73. The molecule has 1 aromatic rings. The van der Waals surface area contributed by atoms with E-state index >= 15 is 0 Å². The van der Waals surface area contributed by atoms with Crippen LogP contribution in [-0.4, -0.2) is 50.2 Å². The highest BCUT2D eigenvalue weighted by Crippen LogP contribution is 2.21. The third-order valence-corrected chi connectivity index (χ3v) is 4.38. The van der Waals surface area contributed by atoms with Gasteiger partial charge in [-0.05, 0) is 53.6 Å². The van der Waals surface area contributed by atoms with Crippen LogP contribution in [0.25, 0.3) is 0 Å². The average molecular weight is 295 g/mol. The normalized spacial score (nSPS) is 17.8. The molecular weight excluding hydrogens is 270 g/mol. The summed E-state index contributed by atoms with van der Waals surface area (Å²) >= 11 is 0. The summed E-state index contributed by atoms with van der Waals surface area (Å²) in [7, 11) is 0. The number of nitrogens with zero attached hydrogens (tertiary/aromatic N) is 3. The third-order valence-electron chi connectivity index (χ3n) is 4.38. The monoisotopic (exact) mass is 295 g/mol. The molecule has 3 N–H and O–H groups in total. The number of hydrogen-bond donors (Lipinski definition) is 3. The van der Waals surface area contributed by atoms with E-state index in [4.69, 9.17) is 0 Å². The largest absolute Gasteiger partial charge is 0.388 e. The zero-order valence-corrected chi connectivity index (χ0v) is 13.2. The summed E-state index contributed by atoms with van der Waals surface area (Å²) in [6.45, 7) is 8.80. The van der Waals surface area contributed by atoms with E-state index in [-0.39, 0.29) is 11.6 Å². The van der Waals surface area contributed by atoms with Gasteiger partial charge in [-0.1, -0.05) is 5.21 Å². The number of amides is 1. The Kier molecular flexibility index (Phi) is 4.34. The van der Waals surface area contributed by atoms with Crippen LogP contribution in [0.3, 0.4) is 0 Å². The minimum absolute atomic E-state index is 0.283. The van der Waals surface area contributed by atoms with Crippen LogP contribution in [0.5, 0.6) is 0 Å². The maximum atomic E-state index is 12.3. The molecule has 0 saturated carbocycles. The number of hydrogen-bond acceptors (Lipinski definition) is 5. The minimum Gasteiger partial charge on any atom is -0.388 e. The smallest absolute Gasteiger partial charge is 0.273 e. The molecule has 1 fully saturated rings. The molecule has 2 rings (SSSR count). The van der Waals surface area contributed by atoms with Crippen molar-refractivity contribution in [1.29, 1.82) is 0 Å². The van der Waals surface area contributed by atoms with Gasteiger partial charge < -0.3 is 15.7 Å². The lowest BCUT2D eigenvalue weighted by Crippen LogP contribution is -2.57. The van der Waals surface area contributed by atoms with E-state index < -0.39 is 11.1 Å². The van der Waals surface area contributed by atoms with Crippen molar-refractivity contribution >= 4 is 5.91 Å². The van der Waals surface area contributed by atoms with Gasteiger partial charge in [-0.15, -0.1) is 5.10 Å². The Morgan fingerprint density at radius 3 is 2.57 bits per heavy atom. The molecule has 0 aromatic carbocycles. The van der Waals surface area contributed by atoms with Crippen molar-refractivity contribution in [2.24, 2.45) is 0 Å². The number of piperidine rings is 1. The first kappa shape index (κ1) is 15.9. The molecule has 1 saturated heterocycles. The summed E-state index contributed by atoms with van der Waals surface area (Å²) in [5.74, 6) is -0.317. The maximum Gasteiger partial charge on any atom is 0.273 e. The van der Waals surface area contributed by atoms with E-state index in [1.165, 1.54) is 0 Å². The summed E-state index contributed by atoms with van der Waals surface area (Å²) in [5.41, 5.74) is -1.51. The zero-order chi connectivity index (χ0) is 15.7. The first-order chi connectivity index (χ1) is 9.71. The first-order valence-corrected chi connectivity index (χ1v) is 7.38. The van der Waals surface area contributed by atoms with E-state index in [9.17, 15) is 9.90 Å². The van der Waals surface area contributed by atoms with Crippen LogP contribution >= 0.6 is 0 Å². The van der Waals surface area contributed by atoms with Crippen molar-refractivity contribution < 1.29 is 9.90 Å². The van der Waals surface area contributed by atoms with Gasteiger partial charge in [0, 0.05) is 0 Å². The highest BCUT2D eigenvalue weighted by molar-refractivity contribution is 5.92. The molecular formula is C14H25N5O2. The lowest BCUT2D eigenvalue weighted by Gasteiger charge is -2.37. The molecule has 118 valence electrons. The fourth-order valence-electron chi connectivity index (χ4n) is 2.13. The second-order valence-corrected chi connectivity index (χ2v) is 6.70. The molecule has 0 radical (unpaired) electrons. The zero-order valence-electron chi connectivity index (χ0n) is 13.2. The Hall–Kier alpha value is -1.47. The fraction of sp³-hybridized carbons (Fsp3) is 0.786. The Morgan fingerprint density at radius 2 is 2.00 bits per heavy atom. The second-order valence-electron chi connectivity index (χ2n) is 6.70. The Balaban J connectivity index is 2.05. The molecule has 7 nitrogen and oxygen atoms in total. The van der Waals surface area contributed by atoms with Crippen molar-refractivity contribution in [3.8, 4) is 0 Å². The van der Waals surface area contributed by atoms with Gasteiger partial charge in [0.1, 0.15) is 0 Å². The topological polar surface area (TPSA) is 92.1 Å². The quantitative estimate of drug-likeness (QED) is 0.751. The first-order valence-electron chi connectivity index (χ1n) is 7.38. The third kappa shape index (κ3) is 3.59. The molecule has 1 amide bonds. The van der Waals surface area contributed by atoms with Gasteiger partial charge >= 0.3 is 0 Å². The van der Waals surface area contributed by atoms with Crippen LogP contribution < -0.4 is 10.6 Å². The van der Waals surface area contributed by atoms with E-state index in [2.05, 4.69) is 20.9 Å². The Morgan fingerprint density at radius 1 is 1.38 bits per heavy atom. The minimum atomic E-state index is -1.03. The number of aliphatic hydroxyl groups is 1. The van der Waals surface area contributed by atoms with Crippen molar-refractivity contribution in [2.45, 2.75) is 57.7 Å². The Labute approximate surface area is 125 Å². The molecule has 21 heavy (non-hydrogen) atoms. The molecule has 1 aliphatic rings. The number of aromatic nitrogens is 3. The van der Waals surface area contributed by atoms with E-state index in [1.807, 2.05) is 0 Å². The molecule has 0 bridgehead atoms. The van der Waals surface area contributed by atoms with Gasteiger partial charge in [0.15, 0.2) is 5.69 Å². The lowest BCUT2D eigenvalue weighted by molar-refractivity contribution is -0.00302. The predicted molar refractivity (Wildman–Crippen MR) is 79.0 cm³/mol. The van der Waals surface area contributed by atoms with Crippen molar-refractivity contribution in [2.75, 3.05) is 13.1 Å². The maximum absolute atomic E-state index is 12.3. The van der Waals surface area contributed by atoms with Crippen LogP contribution in [0, 0.1) is 0 Å². The highest BCUT2D eigenvalue weighted by Gasteiger charge is 2.37. The van der Waals surface area contributed by atoms with E-state index in [1.54, 1.807) is 38.6 Å². The van der Waals surface area contributed by atoms with Gasteiger partial charge in [0.05, 0.1) is 23.4 Å². The summed E-state index contributed by atoms with van der Waals surface area (Å²) in [6.07, 6.45) is 3.66. The van der Waals surface area contributed by atoms with E-state index in [0.717, 1.165) is 25.9 Å². The van der Waals surface area contributed by atoms with Crippen molar-refractivity contribution in [1.82, 2.24) is 25.6 Å². The van der Waals surface area contributed by atoms with Crippen LogP contribution in [0.2, 0.25) is 0 Å². The average Bonchev–Trinajstić information content (AvgIpc) is 2.87. The Bertz CT molecular complexity index is 498. The van der Waals surface area contributed by atoms with Crippen LogP contribution in [0.4, 0.5) is 0 Å². The van der Waals surface area contributed by atoms with Crippen LogP contribution in [0.15, 0.2) is 6.20 Å². The summed E-state index contributed by atoms with van der Waals surface area (Å²) in [5, 5.41) is 24.2. The highest BCUT2D eigenvalue weighted by atomic mass is 16.3. The molecule has 0 spiro atoms. The summed E-state index contributed by atoms with van der Waals surface area (Å²) in [4.78, 5) is 12.3. The standard InChI is InChI=1S/C14H25N5O2/c1-13(2,14(3,4)21)16-12(20)11-9-19(18-17-11)10-5-7-15-8-6-10/h9-10,15,21H,5-8H2,1-4H3,(H,16,20). The van der Waals surface area contributed by atoms with Crippen molar-refractivity contribution in [3.05, 3.63) is 11.9 Å². The summed E-state index contributed by atoms with van der Waals surface area (Å²) in [6, 6.07) is 0.294. The number of nitrogens with one attached hydrogen (secondary N) is 2. The predicted octanol–water partition coefficient (Wildman–Crippen LogP) is 0.482. The molecule has 2 heterocycles. The van der Waals surface area contributed by atoms with Crippen LogP contribution in [-0.2, 0) is 0 Å². The molecule has 0 unspecified atom stereocenters. The number of rotatable bonds is 4. The SMILES string of the molecule is CC(C)(O)C(C)(C)NC(=O)c1cn(C2CCNCC2)nn1. The molecule has 0 atom stereocenters. The van der Waals surface area contributed by atoms with Gasteiger partial charge in [0.2, 0.25) is 0 Å². The number of carbonyl (C=O) groups is 1. The summed E-state index contributed by atoms with van der Waals surface area (Å²) < 4.78 is 1.77. The van der Waals surface area contributed by atoms with Gasteiger partial charge in [0.25, 0.3) is 5.91 Å². The molecule has 0 aliphatic carbocycles. The van der Waals surface area contributed by atoms with Crippen LogP contribution in [0.1, 0.15) is 57.1 Å². The molecule has 1 aliphatic heterocycles. The van der Waals surface area contributed by atoms with Gasteiger partial charge in [-0.3, -0.25) is 4.79 Å². The van der Waals surface area contributed by atoms with E-state index in [0.29, 0.717) is 6.04 Å². The van der Waals surface area contributed by atoms with Crippen molar-refractivity contribution in [3.63, 3.8) is 0 Å². The number of carbonyl (C=O) groups excluding carboxylic acids is 1. The molecule has 1 aromatic heterocycles. The van der Waals surface area contributed by atoms with Gasteiger partial charge in [-0.2, -0.15) is 0 Å². The molecule has 7 heteroatoms. The van der Waals surface area contributed by atoms with Gasteiger partial charge in [-0.25, -0.2) is 4.68 Å². The fourth-order valence-corrected chi connectivity index (χ4v) is 2.13. The lowest BCUT2D eigenvalue weighted by atomic mass is 9.86.